The predicted molar refractivity (Wildman–Crippen MR) is 109 cm³/mol. The molecule has 8 heteroatoms. The third kappa shape index (κ3) is 3.89. The molecule has 0 spiro atoms. The SMILES string of the molecule is COC(=O)/C(C#N)=C(/Nc1ccc(O)c(-c2nc3ccccc3s2)c1)SC. The zero-order chi connectivity index (χ0) is 19.4. The van der Waals surface area contributed by atoms with Gasteiger partial charge in [-0.05, 0) is 36.6 Å². The Balaban J connectivity index is 2.01. The minimum absolute atomic E-state index is 0.0998. The monoisotopic (exact) mass is 397 g/mol. The summed E-state index contributed by atoms with van der Waals surface area (Å²) in [6.45, 7) is 0. The number of thioether (sulfide) groups is 1. The van der Waals surface area contributed by atoms with Gasteiger partial charge < -0.3 is 15.2 Å². The largest absolute Gasteiger partial charge is 0.507 e. The molecule has 1 heterocycles. The number of hydrogen-bond donors (Lipinski definition) is 2. The van der Waals surface area contributed by atoms with Gasteiger partial charge in [-0.1, -0.05) is 12.1 Å². The van der Waals surface area contributed by atoms with E-state index in [4.69, 9.17) is 0 Å². The molecule has 0 aliphatic carbocycles. The van der Waals surface area contributed by atoms with Crippen molar-refractivity contribution in [2.24, 2.45) is 0 Å². The van der Waals surface area contributed by atoms with Gasteiger partial charge in [0.15, 0.2) is 5.57 Å². The Labute approximate surface area is 164 Å². The number of carbonyl (C=O) groups excluding carboxylic acids is 1. The summed E-state index contributed by atoms with van der Waals surface area (Å²) in [6.07, 6.45) is 1.75. The quantitative estimate of drug-likeness (QED) is 0.286. The lowest BCUT2D eigenvalue weighted by Gasteiger charge is -2.12. The number of fused-ring (bicyclic) bond motifs is 1. The Morgan fingerprint density at radius 2 is 2.11 bits per heavy atom. The van der Waals surface area contributed by atoms with Gasteiger partial charge in [-0.2, -0.15) is 5.26 Å². The lowest BCUT2D eigenvalue weighted by atomic mass is 10.2. The number of methoxy groups -OCH3 is 1. The number of para-hydroxylation sites is 1. The molecule has 0 radical (unpaired) electrons. The van der Waals surface area contributed by atoms with E-state index in [9.17, 15) is 15.2 Å². The van der Waals surface area contributed by atoms with Crippen LogP contribution in [0.25, 0.3) is 20.8 Å². The van der Waals surface area contributed by atoms with Crippen LogP contribution in [-0.2, 0) is 9.53 Å². The van der Waals surface area contributed by atoms with Crippen molar-refractivity contribution in [3.8, 4) is 22.4 Å². The number of carbonyl (C=O) groups is 1. The van der Waals surface area contributed by atoms with E-state index in [-0.39, 0.29) is 11.3 Å². The second-order valence-electron chi connectivity index (χ2n) is 5.36. The fourth-order valence-corrected chi connectivity index (χ4v) is 3.95. The van der Waals surface area contributed by atoms with E-state index < -0.39 is 5.97 Å². The number of phenols is 1. The number of aromatic nitrogens is 1. The van der Waals surface area contributed by atoms with Crippen molar-refractivity contribution in [3.63, 3.8) is 0 Å². The summed E-state index contributed by atoms with van der Waals surface area (Å²) < 4.78 is 5.67. The number of esters is 1. The van der Waals surface area contributed by atoms with Gasteiger partial charge in [-0.15, -0.1) is 23.1 Å². The lowest BCUT2D eigenvalue weighted by molar-refractivity contribution is -0.135. The standard InChI is InChI=1S/C19H15N3O3S2/c1-25-19(24)13(10-20)17(26-2)21-11-7-8-15(23)12(9-11)18-22-14-5-3-4-6-16(14)27-18/h3-9,21,23H,1-2H3/b17-13-. The normalized spacial score (nSPS) is 11.6. The molecule has 2 aromatic carbocycles. The number of phenolic OH excluding ortho intramolecular Hbond substituents is 1. The van der Waals surface area contributed by atoms with Gasteiger partial charge in [-0.3, -0.25) is 0 Å². The van der Waals surface area contributed by atoms with Crippen molar-refractivity contribution in [2.75, 3.05) is 18.7 Å². The van der Waals surface area contributed by atoms with Crippen LogP contribution in [0.5, 0.6) is 5.75 Å². The molecule has 0 fully saturated rings. The summed E-state index contributed by atoms with van der Waals surface area (Å²) in [4.78, 5) is 16.3. The molecule has 0 atom stereocenters. The summed E-state index contributed by atoms with van der Waals surface area (Å²) in [5.74, 6) is -0.609. The first-order valence-electron chi connectivity index (χ1n) is 7.80. The van der Waals surface area contributed by atoms with Crippen LogP contribution in [0.4, 0.5) is 5.69 Å². The van der Waals surface area contributed by atoms with E-state index in [2.05, 4.69) is 15.0 Å². The van der Waals surface area contributed by atoms with Crippen LogP contribution >= 0.6 is 23.1 Å². The molecule has 0 saturated carbocycles. The first kappa shape index (κ1) is 18.8. The third-order valence-corrected chi connectivity index (χ3v) is 5.50. The van der Waals surface area contributed by atoms with Crippen LogP contribution in [0.1, 0.15) is 0 Å². The number of anilines is 1. The van der Waals surface area contributed by atoms with Gasteiger partial charge in [0.05, 0.1) is 27.9 Å². The molecule has 0 aliphatic heterocycles. The highest BCUT2D eigenvalue weighted by Gasteiger charge is 2.17. The van der Waals surface area contributed by atoms with Crippen LogP contribution in [0.2, 0.25) is 0 Å². The van der Waals surface area contributed by atoms with Crippen LogP contribution < -0.4 is 5.32 Å². The van der Waals surface area contributed by atoms with Crippen molar-refractivity contribution in [2.45, 2.75) is 0 Å². The summed E-state index contributed by atoms with van der Waals surface area (Å²) in [5.41, 5.74) is 1.93. The first-order chi connectivity index (χ1) is 13.1. The molecular formula is C19H15N3O3S2. The number of nitrogens with one attached hydrogen (secondary N) is 1. The van der Waals surface area contributed by atoms with Gasteiger partial charge in [0, 0.05) is 5.69 Å². The maximum atomic E-state index is 11.8. The van der Waals surface area contributed by atoms with Crippen molar-refractivity contribution in [1.82, 2.24) is 4.98 Å². The van der Waals surface area contributed by atoms with Crippen molar-refractivity contribution in [3.05, 3.63) is 53.1 Å². The van der Waals surface area contributed by atoms with Crippen LogP contribution in [0.3, 0.4) is 0 Å². The summed E-state index contributed by atoms with van der Waals surface area (Å²) in [5, 5.41) is 23.6. The van der Waals surface area contributed by atoms with Crippen molar-refractivity contribution in [1.29, 1.82) is 5.26 Å². The zero-order valence-electron chi connectivity index (χ0n) is 14.5. The van der Waals surface area contributed by atoms with E-state index in [0.717, 1.165) is 10.2 Å². The van der Waals surface area contributed by atoms with E-state index in [1.165, 1.54) is 30.2 Å². The van der Waals surface area contributed by atoms with Gasteiger partial charge in [0.1, 0.15) is 16.8 Å². The number of aromatic hydroxyl groups is 1. The highest BCUT2D eigenvalue weighted by atomic mass is 32.2. The van der Waals surface area contributed by atoms with Crippen molar-refractivity contribution >= 4 is 45.0 Å². The molecule has 3 rings (SSSR count). The van der Waals surface area contributed by atoms with Crippen LogP contribution in [0, 0.1) is 11.3 Å². The number of nitrogens with zero attached hydrogens (tertiary/aromatic N) is 2. The number of thiazole rings is 1. The maximum Gasteiger partial charge on any atom is 0.351 e. The molecule has 2 N–H and O–H groups in total. The summed E-state index contributed by atoms with van der Waals surface area (Å²) in [6, 6.07) is 14.5. The van der Waals surface area contributed by atoms with Crippen LogP contribution in [0.15, 0.2) is 53.1 Å². The van der Waals surface area contributed by atoms with E-state index >= 15 is 0 Å². The Morgan fingerprint density at radius 1 is 1.33 bits per heavy atom. The molecule has 0 amide bonds. The van der Waals surface area contributed by atoms with Crippen molar-refractivity contribution < 1.29 is 14.6 Å². The lowest BCUT2D eigenvalue weighted by Crippen LogP contribution is -2.09. The topological polar surface area (TPSA) is 95.2 Å². The Morgan fingerprint density at radius 3 is 2.78 bits per heavy atom. The van der Waals surface area contributed by atoms with Gasteiger partial charge in [0.2, 0.25) is 0 Å². The minimum Gasteiger partial charge on any atom is -0.507 e. The Kier molecular flexibility index (Phi) is 5.64. The number of benzene rings is 2. The molecule has 136 valence electrons. The predicted octanol–water partition coefficient (Wildman–Crippen LogP) is 4.35. The first-order valence-corrected chi connectivity index (χ1v) is 9.84. The second-order valence-corrected chi connectivity index (χ2v) is 7.20. The Bertz CT molecular complexity index is 1050. The van der Waals surface area contributed by atoms with E-state index in [1.807, 2.05) is 30.3 Å². The fourth-order valence-electron chi connectivity index (χ4n) is 2.41. The average Bonchev–Trinajstić information content (AvgIpc) is 3.12. The van der Waals surface area contributed by atoms with Crippen LogP contribution in [-0.4, -0.2) is 29.4 Å². The van der Waals surface area contributed by atoms with E-state index in [0.29, 0.717) is 21.3 Å². The zero-order valence-corrected chi connectivity index (χ0v) is 16.1. The minimum atomic E-state index is -0.709. The number of rotatable bonds is 5. The second kappa shape index (κ2) is 8.12. The number of hydrogen-bond acceptors (Lipinski definition) is 8. The average molecular weight is 397 g/mol. The third-order valence-electron chi connectivity index (χ3n) is 3.71. The summed E-state index contributed by atoms with van der Waals surface area (Å²) in [7, 11) is 1.23. The molecule has 27 heavy (non-hydrogen) atoms. The number of ether oxygens (including phenoxy) is 1. The molecule has 6 nitrogen and oxygen atoms in total. The summed E-state index contributed by atoms with van der Waals surface area (Å²) >= 11 is 2.70. The van der Waals surface area contributed by atoms with E-state index in [1.54, 1.807) is 24.5 Å². The number of nitriles is 1. The molecule has 0 aliphatic rings. The van der Waals surface area contributed by atoms with Gasteiger partial charge in [0.25, 0.3) is 0 Å². The molecule has 0 saturated heterocycles. The Hall–Kier alpha value is -3.02. The van der Waals surface area contributed by atoms with Gasteiger partial charge in [-0.25, -0.2) is 9.78 Å². The molecule has 0 unspecified atom stereocenters. The highest BCUT2D eigenvalue weighted by molar-refractivity contribution is 8.02. The molecule has 1 aromatic heterocycles. The van der Waals surface area contributed by atoms with Gasteiger partial charge >= 0.3 is 5.97 Å². The highest BCUT2D eigenvalue weighted by Crippen LogP contribution is 2.37. The fraction of sp³-hybridized carbons (Fsp3) is 0.105. The molecular weight excluding hydrogens is 382 g/mol. The molecule has 3 aromatic rings. The smallest absolute Gasteiger partial charge is 0.351 e. The maximum absolute atomic E-state index is 11.8. The molecule has 0 bridgehead atoms.